The molecule has 30 heavy (non-hydrogen) atoms. The molecule has 0 spiro atoms. The van der Waals surface area contributed by atoms with Crippen LogP contribution < -0.4 is 15.4 Å². The van der Waals surface area contributed by atoms with Gasteiger partial charge in [0.05, 0.1) is 17.6 Å². The molecular weight excluding hydrogens is 378 g/mol. The summed E-state index contributed by atoms with van der Waals surface area (Å²) in [4.78, 5) is 8.96. The minimum atomic E-state index is 0.526. The molecular formula is C23H31N5O2. The van der Waals surface area contributed by atoms with Gasteiger partial charge in [0.15, 0.2) is 5.96 Å². The van der Waals surface area contributed by atoms with Crippen LogP contribution in [0.2, 0.25) is 0 Å². The Morgan fingerprint density at radius 1 is 1.10 bits per heavy atom. The standard InChI is InChI=1S/C23H31N5O2/c1-17-9-10-19(22(15-17)30-14-13-29-4)16-26-23(24-3)25-11-12-28-18(2)27-20-7-5-6-8-21(20)28/h5-10,15H,11-14,16H2,1-4H3,(H2,24,25,26). The average molecular weight is 410 g/mol. The molecule has 0 unspecified atom stereocenters. The summed E-state index contributed by atoms with van der Waals surface area (Å²) in [6, 6.07) is 14.4. The van der Waals surface area contributed by atoms with Crippen molar-refractivity contribution in [1.29, 1.82) is 0 Å². The van der Waals surface area contributed by atoms with Gasteiger partial charge in [0.1, 0.15) is 18.2 Å². The van der Waals surface area contributed by atoms with Crippen LogP contribution in [-0.2, 0) is 17.8 Å². The van der Waals surface area contributed by atoms with Crippen LogP contribution in [0.15, 0.2) is 47.5 Å². The first-order chi connectivity index (χ1) is 14.6. The molecule has 7 nitrogen and oxygen atoms in total. The zero-order valence-electron chi connectivity index (χ0n) is 18.2. The van der Waals surface area contributed by atoms with Gasteiger partial charge in [-0.25, -0.2) is 4.98 Å². The molecule has 0 amide bonds. The van der Waals surface area contributed by atoms with Crippen molar-refractivity contribution in [3.63, 3.8) is 0 Å². The van der Waals surface area contributed by atoms with Crippen molar-refractivity contribution in [2.75, 3.05) is 33.9 Å². The van der Waals surface area contributed by atoms with Crippen LogP contribution in [-0.4, -0.2) is 49.4 Å². The number of aryl methyl sites for hydroxylation is 2. The van der Waals surface area contributed by atoms with E-state index in [0.717, 1.165) is 52.8 Å². The maximum absolute atomic E-state index is 5.87. The van der Waals surface area contributed by atoms with Crippen molar-refractivity contribution in [3.05, 3.63) is 59.4 Å². The van der Waals surface area contributed by atoms with Crippen LogP contribution >= 0.6 is 0 Å². The van der Waals surface area contributed by atoms with E-state index >= 15 is 0 Å². The zero-order valence-corrected chi connectivity index (χ0v) is 18.2. The molecule has 1 aromatic heterocycles. The van der Waals surface area contributed by atoms with Gasteiger partial charge in [0.25, 0.3) is 0 Å². The summed E-state index contributed by atoms with van der Waals surface area (Å²) < 4.78 is 13.2. The molecule has 2 aromatic carbocycles. The maximum atomic E-state index is 5.87. The Labute approximate surface area is 178 Å². The van der Waals surface area contributed by atoms with Gasteiger partial charge in [-0.05, 0) is 37.6 Å². The van der Waals surface area contributed by atoms with Crippen molar-refractivity contribution < 1.29 is 9.47 Å². The topological polar surface area (TPSA) is 72.7 Å². The summed E-state index contributed by atoms with van der Waals surface area (Å²) >= 11 is 0. The van der Waals surface area contributed by atoms with Gasteiger partial charge in [0, 0.05) is 39.4 Å². The van der Waals surface area contributed by atoms with Gasteiger partial charge in [-0.1, -0.05) is 24.3 Å². The predicted octanol–water partition coefficient (Wildman–Crippen LogP) is 3.04. The number of ether oxygens (including phenoxy) is 2. The number of fused-ring (bicyclic) bond motifs is 1. The normalized spacial score (nSPS) is 11.7. The highest BCUT2D eigenvalue weighted by atomic mass is 16.5. The maximum Gasteiger partial charge on any atom is 0.191 e. The summed E-state index contributed by atoms with van der Waals surface area (Å²) in [5, 5.41) is 6.75. The van der Waals surface area contributed by atoms with Crippen molar-refractivity contribution in [2.24, 2.45) is 4.99 Å². The Bertz CT molecular complexity index is 996. The van der Waals surface area contributed by atoms with E-state index in [4.69, 9.17) is 9.47 Å². The number of rotatable bonds is 9. The summed E-state index contributed by atoms with van der Waals surface area (Å²) in [5.74, 6) is 2.63. The highest BCUT2D eigenvalue weighted by Gasteiger charge is 2.08. The van der Waals surface area contributed by atoms with Crippen LogP contribution in [0.4, 0.5) is 0 Å². The molecule has 0 saturated heterocycles. The van der Waals surface area contributed by atoms with Crippen LogP contribution in [0, 0.1) is 13.8 Å². The van der Waals surface area contributed by atoms with Crippen molar-refractivity contribution >= 4 is 17.0 Å². The van der Waals surface area contributed by atoms with Crippen molar-refractivity contribution in [1.82, 2.24) is 20.2 Å². The fourth-order valence-corrected chi connectivity index (χ4v) is 3.34. The number of nitrogens with one attached hydrogen (secondary N) is 2. The van der Waals surface area contributed by atoms with Crippen LogP contribution in [0.5, 0.6) is 5.75 Å². The Morgan fingerprint density at radius 2 is 1.93 bits per heavy atom. The van der Waals surface area contributed by atoms with Gasteiger partial charge in [0.2, 0.25) is 0 Å². The summed E-state index contributed by atoms with van der Waals surface area (Å²) in [6.07, 6.45) is 0. The molecule has 160 valence electrons. The molecule has 3 aromatic rings. The molecule has 0 aliphatic carbocycles. The van der Waals surface area contributed by atoms with E-state index in [9.17, 15) is 0 Å². The Morgan fingerprint density at radius 3 is 2.73 bits per heavy atom. The number of aromatic nitrogens is 2. The van der Waals surface area contributed by atoms with E-state index in [1.165, 1.54) is 0 Å². The molecule has 3 rings (SSSR count). The van der Waals surface area contributed by atoms with Gasteiger partial charge < -0.3 is 24.7 Å². The number of methoxy groups -OCH3 is 1. The molecule has 2 N–H and O–H groups in total. The second-order valence-electron chi connectivity index (χ2n) is 7.10. The second-order valence-corrected chi connectivity index (χ2v) is 7.10. The molecule has 0 radical (unpaired) electrons. The monoisotopic (exact) mass is 409 g/mol. The Hall–Kier alpha value is -3.06. The zero-order chi connectivity index (χ0) is 21.3. The number of hydrogen-bond donors (Lipinski definition) is 2. The van der Waals surface area contributed by atoms with Crippen molar-refractivity contribution in [3.8, 4) is 5.75 Å². The van der Waals surface area contributed by atoms with Gasteiger partial charge in [-0.15, -0.1) is 0 Å². The predicted molar refractivity (Wildman–Crippen MR) is 121 cm³/mol. The molecule has 0 aliphatic rings. The third kappa shape index (κ3) is 5.51. The number of imidazole rings is 1. The van der Waals surface area contributed by atoms with Crippen LogP contribution in [0.3, 0.4) is 0 Å². The molecule has 7 heteroatoms. The minimum Gasteiger partial charge on any atom is -0.491 e. The molecule has 0 bridgehead atoms. The first-order valence-corrected chi connectivity index (χ1v) is 10.2. The smallest absolute Gasteiger partial charge is 0.191 e. The van der Waals surface area contributed by atoms with Gasteiger partial charge >= 0.3 is 0 Å². The third-order valence-electron chi connectivity index (χ3n) is 4.91. The molecule has 0 aliphatic heterocycles. The first kappa shape index (κ1) is 21.6. The highest BCUT2D eigenvalue weighted by Crippen LogP contribution is 2.20. The fourth-order valence-electron chi connectivity index (χ4n) is 3.34. The minimum absolute atomic E-state index is 0.526. The lowest BCUT2D eigenvalue weighted by Gasteiger charge is -2.16. The highest BCUT2D eigenvalue weighted by molar-refractivity contribution is 5.79. The quantitative estimate of drug-likeness (QED) is 0.323. The second kappa shape index (κ2) is 10.6. The molecule has 0 atom stereocenters. The fraction of sp³-hybridized carbons (Fsp3) is 0.391. The number of guanidine groups is 1. The van der Waals surface area contributed by atoms with Crippen molar-refractivity contribution in [2.45, 2.75) is 26.9 Å². The molecule has 1 heterocycles. The largest absolute Gasteiger partial charge is 0.491 e. The Balaban J connectivity index is 1.56. The van der Waals surface area contributed by atoms with E-state index in [0.29, 0.717) is 19.8 Å². The number of nitrogens with zero attached hydrogens (tertiary/aromatic N) is 3. The first-order valence-electron chi connectivity index (χ1n) is 10.2. The van der Waals surface area contributed by atoms with E-state index in [1.54, 1.807) is 14.2 Å². The van der Waals surface area contributed by atoms with Gasteiger partial charge in [-0.2, -0.15) is 0 Å². The summed E-state index contributed by atoms with van der Waals surface area (Å²) in [5.41, 5.74) is 4.42. The SMILES string of the molecule is CN=C(NCCn1c(C)nc2ccccc21)NCc1ccc(C)cc1OCCOC. The van der Waals surface area contributed by atoms with E-state index in [2.05, 4.69) is 56.4 Å². The van der Waals surface area contributed by atoms with E-state index < -0.39 is 0 Å². The number of benzene rings is 2. The number of para-hydroxylation sites is 2. The van der Waals surface area contributed by atoms with E-state index in [1.807, 2.05) is 25.1 Å². The number of hydrogen-bond acceptors (Lipinski definition) is 4. The van der Waals surface area contributed by atoms with Crippen LogP contribution in [0.25, 0.3) is 11.0 Å². The Kier molecular flexibility index (Phi) is 7.68. The van der Waals surface area contributed by atoms with Gasteiger partial charge in [-0.3, -0.25) is 4.99 Å². The lowest BCUT2D eigenvalue weighted by atomic mass is 10.1. The lowest BCUT2D eigenvalue weighted by Crippen LogP contribution is -2.38. The lowest BCUT2D eigenvalue weighted by molar-refractivity contribution is 0.145. The molecule has 0 saturated carbocycles. The number of aliphatic imine (C=N–C) groups is 1. The summed E-state index contributed by atoms with van der Waals surface area (Å²) in [6.45, 7) is 7.35. The van der Waals surface area contributed by atoms with Crippen LogP contribution in [0.1, 0.15) is 17.0 Å². The van der Waals surface area contributed by atoms with E-state index in [-0.39, 0.29) is 0 Å². The molecule has 0 fully saturated rings. The summed E-state index contributed by atoms with van der Waals surface area (Å²) in [7, 11) is 3.45. The average Bonchev–Trinajstić information content (AvgIpc) is 3.07. The third-order valence-corrected chi connectivity index (χ3v) is 4.91.